The number of aromatic nitrogens is 1. The van der Waals surface area contributed by atoms with Gasteiger partial charge in [0.15, 0.2) is 5.69 Å². The molecule has 0 saturated carbocycles. The summed E-state index contributed by atoms with van der Waals surface area (Å²) >= 11 is 1.63. The van der Waals surface area contributed by atoms with Crippen molar-refractivity contribution in [1.29, 1.82) is 0 Å². The molecule has 5 nitrogen and oxygen atoms in total. The normalized spacial score (nSPS) is 20.6. The first-order valence-electron chi connectivity index (χ1n) is 7.89. The van der Waals surface area contributed by atoms with Crippen molar-refractivity contribution in [1.82, 2.24) is 20.2 Å². The molecule has 0 radical (unpaired) electrons. The molecule has 6 heteroatoms. The average molecular weight is 336 g/mol. The Morgan fingerprint density at radius 2 is 1.75 bits per heavy atom. The monoisotopic (exact) mass is 336 g/mol. The molecule has 4 rings (SSSR count). The second-order valence-corrected chi connectivity index (χ2v) is 6.28. The smallest absolute Gasteiger partial charge is 0.191 e. The molecule has 1 aliphatic rings. The van der Waals surface area contributed by atoms with Crippen molar-refractivity contribution >= 4 is 28.0 Å². The fourth-order valence-corrected chi connectivity index (χ4v) is 3.87. The third-order valence-corrected chi connectivity index (χ3v) is 4.94. The summed E-state index contributed by atoms with van der Waals surface area (Å²) in [6.07, 6.45) is 1.84. The van der Waals surface area contributed by atoms with Crippen LogP contribution in [0.4, 0.5) is 10.8 Å². The molecule has 1 aromatic heterocycles. The highest BCUT2D eigenvalue weighted by Crippen LogP contribution is 2.41. The number of rotatable bonds is 4. The van der Waals surface area contributed by atoms with Crippen LogP contribution in [0, 0.1) is 0 Å². The lowest BCUT2D eigenvalue weighted by atomic mass is 10.1. The quantitative estimate of drug-likeness (QED) is 0.735. The SMILES string of the molecule is CCN1NN=C(c2ccccc2)[N+]1(c1ccccc1)c1nccs1. The van der Waals surface area contributed by atoms with E-state index in [0.717, 1.165) is 28.8 Å². The second kappa shape index (κ2) is 6.16. The van der Waals surface area contributed by atoms with Crippen LogP contribution in [-0.4, -0.2) is 22.5 Å². The van der Waals surface area contributed by atoms with E-state index in [4.69, 9.17) is 0 Å². The third-order valence-electron chi connectivity index (χ3n) is 4.10. The Hall–Kier alpha value is -2.54. The largest absolute Gasteiger partial charge is 0.319 e. The van der Waals surface area contributed by atoms with Gasteiger partial charge < -0.3 is 0 Å². The zero-order valence-electron chi connectivity index (χ0n) is 13.3. The summed E-state index contributed by atoms with van der Waals surface area (Å²) in [6, 6.07) is 20.6. The Morgan fingerprint density at radius 3 is 2.38 bits per heavy atom. The van der Waals surface area contributed by atoms with Gasteiger partial charge in [0.05, 0.1) is 12.1 Å². The molecule has 1 atom stereocenters. The van der Waals surface area contributed by atoms with Gasteiger partial charge in [0.2, 0.25) is 0 Å². The Kier molecular flexibility index (Phi) is 3.86. The van der Waals surface area contributed by atoms with Crippen LogP contribution in [0.3, 0.4) is 0 Å². The number of hydrazone groups is 1. The minimum Gasteiger partial charge on any atom is -0.191 e. The lowest BCUT2D eigenvalue weighted by Gasteiger charge is -2.35. The van der Waals surface area contributed by atoms with E-state index >= 15 is 0 Å². The van der Waals surface area contributed by atoms with Gasteiger partial charge >= 0.3 is 5.13 Å². The van der Waals surface area contributed by atoms with Crippen LogP contribution in [0.1, 0.15) is 12.5 Å². The van der Waals surface area contributed by atoms with Gasteiger partial charge in [0.1, 0.15) is 0 Å². The number of nitrogens with zero attached hydrogens (tertiary/aromatic N) is 4. The molecule has 3 aromatic rings. The standard InChI is InChI=1S/C18H18N5S/c1-2-22-21-20-17(15-9-5-3-6-10-15)23(22,18-19-13-14-24-18)16-11-7-4-8-12-16/h3-14,21H,2H2,1H3/q+1. The van der Waals surface area contributed by atoms with Gasteiger partial charge in [-0.2, -0.15) is 10.5 Å². The Labute approximate surface area is 145 Å². The molecule has 1 unspecified atom stereocenters. The number of benzene rings is 2. The van der Waals surface area contributed by atoms with Crippen LogP contribution in [0.2, 0.25) is 0 Å². The van der Waals surface area contributed by atoms with Crippen molar-refractivity contribution in [2.24, 2.45) is 5.10 Å². The van der Waals surface area contributed by atoms with Gasteiger partial charge in [-0.25, -0.2) is 0 Å². The van der Waals surface area contributed by atoms with Gasteiger partial charge in [-0.3, -0.25) is 0 Å². The maximum atomic E-state index is 4.68. The first kappa shape index (κ1) is 15.0. The van der Waals surface area contributed by atoms with Gasteiger partial charge in [-0.1, -0.05) is 52.3 Å². The fraction of sp³-hybridized carbons (Fsp3) is 0.111. The number of hydrazine groups is 1. The Balaban J connectivity index is 2.00. The van der Waals surface area contributed by atoms with E-state index in [1.54, 1.807) is 11.3 Å². The highest BCUT2D eigenvalue weighted by Gasteiger charge is 2.53. The van der Waals surface area contributed by atoms with Crippen LogP contribution in [-0.2, 0) is 0 Å². The summed E-state index contributed by atoms with van der Waals surface area (Å²) in [6.45, 7) is 2.88. The minimum atomic E-state index is 0.346. The Bertz CT molecular complexity index is 832. The number of hydrogen-bond donors (Lipinski definition) is 1. The number of para-hydroxylation sites is 1. The van der Waals surface area contributed by atoms with E-state index in [2.05, 4.69) is 64.1 Å². The van der Waals surface area contributed by atoms with E-state index in [9.17, 15) is 0 Å². The molecule has 1 N–H and O–H groups in total. The van der Waals surface area contributed by atoms with E-state index in [1.165, 1.54) is 0 Å². The first-order valence-corrected chi connectivity index (χ1v) is 8.77. The van der Waals surface area contributed by atoms with Crippen LogP contribution in [0.25, 0.3) is 0 Å². The van der Waals surface area contributed by atoms with Crippen LogP contribution >= 0.6 is 11.3 Å². The molecule has 0 saturated heterocycles. The van der Waals surface area contributed by atoms with E-state index in [-0.39, 0.29) is 0 Å². The second-order valence-electron chi connectivity index (χ2n) is 5.40. The molecule has 0 aliphatic carbocycles. The lowest BCUT2D eigenvalue weighted by Crippen LogP contribution is -2.60. The maximum absolute atomic E-state index is 4.68. The summed E-state index contributed by atoms with van der Waals surface area (Å²) in [5.41, 5.74) is 5.36. The number of hydrogen-bond acceptors (Lipinski definition) is 5. The highest BCUT2D eigenvalue weighted by molar-refractivity contribution is 7.13. The van der Waals surface area contributed by atoms with Gasteiger partial charge in [0, 0.05) is 23.7 Å². The van der Waals surface area contributed by atoms with Crippen molar-refractivity contribution in [3.8, 4) is 0 Å². The summed E-state index contributed by atoms with van der Waals surface area (Å²) in [5, 5.41) is 9.73. The number of thiazole rings is 1. The molecular formula is C18H18N5S+. The number of nitrogens with one attached hydrogen (secondary N) is 1. The topological polar surface area (TPSA) is 40.5 Å². The molecule has 0 spiro atoms. The molecule has 0 amide bonds. The van der Waals surface area contributed by atoms with Gasteiger partial charge in [-0.15, -0.1) is 5.10 Å². The summed E-state index contributed by atoms with van der Waals surface area (Å²) in [4.78, 5) is 4.65. The zero-order valence-corrected chi connectivity index (χ0v) is 14.1. The molecular weight excluding hydrogens is 318 g/mol. The van der Waals surface area contributed by atoms with Gasteiger partial charge in [-0.05, 0) is 24.2 Å². The summed E-state index contributed by atoms with van der Waals surface area (Å²) in [7, 11) is 0. The fourth-order valence-electron chi connectivity index (χ4n) is 3.07. The first-order chi connectivity index (χ1) is 11.9. The predicted molar refractivity (Wildman–Crippen MR) is 98.5 cm³/mol. The minimum absolute atomic E-state index is 0.346. The van der Waals surface area contributed by atoms with Crippen molar-refractivity contribution in [2.45, 2.75) is 6.92 Å². The van der Waals surface area contributed by atoms with Crippen LogP contribution in [0.5, 0.6) is 0 Å². The molecule has 0 bridgehead atoms. The van der Waals surface area contributed by atoms with Gasteiger partial charge in [0.25, 0.3) is 5.84 Å². The van der Waals surface area contributed by atoms with Crippen molar-refractivity contribution in [3.63, 3.8) is 0 Å². The highest BCUT2D eigenvalue weighted by atomic mass is 32.1. The van der Waals surface area contributed by atoms with E-state index in [1.807, 2.05) is 35.8 Å². The molecule has 24 heavy (non-hydrogen) atoms. The zero-order chi connectivity index (χ0) is 16.4. The third kappa shape index (κ3) is 2.16. The molecule has 0 fully saturated rings. The summed E-state index contributed by atoms with van der Waals surface area (Å²) < 4.78 is 0.346. The Morgan fingerprint density at radius 1 is 1.04 bits per heavy atom. The molecule has 2 heterocycles. The predicted octanol–water partition coefficient (Wildman–Crippen LogP) is 3.90. The van der Waals surface area contributed by atoms with E-state index in [0.29, 0.717) is 4.59 Å². The van der Waals surface area contributed by atoms with E-state index < -0.39 is 0 Å². The van der Waals surface area contributed by atoms with Crippen molar-refractivity contribution < 1.29 is 0 Å². The van der Waals surface area contributed by atoms with Crippen molar-refractivity contribution in [3.05, 3.63) is 77.8 Å². The number of amidine groups is 1. The molecule has 2 aromatic carbocycles. The molecule has 120 valence electrons. The van der Waals surface area contributed by atoms with Crippen LogP contribution < -0.4 is 10.1 Å². The van der Waals surface area contributed by atoms with Crippen molar-refractivity contribution in [2.75, 3.05) is 6.54 Å². The summed E-state index contributed by atoms with van der Waals surface area (Å²) in [5.74, 6) is 0.915. The lowest BCUT2D eigenvalue weighted by molar-refractivity contribution is 0.0722. The average Bonchev–Trinajstić information content (AvgIpc) is 3.31. The molecule has 1 aliphatic heterocycles. The van der Waals surface area contributed by atoms with Crippen LogP contribution in [0.15, 0.2) is 77.3 Å². The maximum Gasteiger partial charge on any atom is 0.319 e. The number of quaternary nitrogens is 1.